The second-order valence-electron chi connectivity index (χ2n) is 6.37. The Bertz CT molecular complexity index is 488. The quantitative estimate of drug-likeness (QED) is 0.785. The number of ether oxygens (including phenoxy) is 1. The molecule has 0 amide bonds. The van der Waals surface area contributed by atoms with Crippen LogP contribution in [0.15, 0.2) is 0 Å². The van der Waals surface area contributed by atoms with E-state index in [1.807, 2.05) is 0 Å². The van der Waals surface area contributed by atoms with E-state index in [1.165, 1.54) is 7.11 Å². The summed E-state index contributed by atoms with van der Waals surface area (Å²) < 4.78 is 6.96. The van der Waals surface area contributed by atoms with Crippen molar-refractivity contribution in [3.63, 3.8) is 0 Å². The summed E-state index contributed by atoms with van der Waals surface area (Å²) in [5.41, 5.74) is 1.20. The first-order chi connectivity index (χ1) is 8.81. The highest BCUT2D eigenvalue weighted by molar-refractivity contribution is 6.30. The van der Waals surface area contributed by atoms with Gasteiger partial charge in [0, 0.05) is 13.0 Å². The third-order valence-electron chi connectivity index (χ3n) is 3.46. The lowest BCUT2D eigenvalue weighted by molar-refractivity contribution is -0.146. The van der Waals surface area contributed by atoms with Crippen LogP contribution in [0.5, 0.6) is 0 Å². The van der Waals surface area contributed by atoms with Gasteiger partial charge in [0.2, 0.25) is 0 Å². The van der Waals surface area contributed by atoms with E-state index in [0.29, 0.717) is 11.7 Å². The Morgan fingerprint density at radius 3 is 2.79 bits per heavy atom. The van der Waals surface area contributed by atoms with Crippen molar-refractivity contribution in [2.45, 2.75) is 46.6 Å². The molecular weight excluding hydrogens is 264 g/mol. The van der Waals surface area contributed by atoms with E-state index in [1.54, 1.807) is 0 Å². The Balaban J connectivity index is 2.28. The first-order valence-electron chi connectivity index (χ1n) is 6.63. The van der Waals surface area contributed by atoms with Gasteiger partial charge in [-0.15, -0.1) is 0 Å². The Labute approximate surface area is 119 Å². The standard InChI is InChI=1S/C14H21ClN2O2/c1-14(2,3)7-11-16-12(15)10-6-5-9(8-17(10)11)13(18)19-4/h9H,5-8H2,1-4H3. The van der Waals surface area contributed by atoms with Gasteiger partial charge in [-0.3, -0.25) is 4.79 Å². The number of rotatable bonds is 2. The van der Waals surface area contributed by atoms with Gasteiger partial charge in [0.1, 0.15) is 5.82 Å². The van der Waals surface area contributed by atoms with Crippen LogP contribution in [-0.4, -0.2) is 22.6 Å². The van der Waals surface area contributed by atoms with Crippen LogP contribution < -0.4 is 0 Å². The predicted octanol–water partition coefficient (Wildman–Crippen LogP) is 2.86. The number of esters is 1. The molecular formula is C14H21ClN2O2. The fourth-order valence-corrected chi connectivity index (χ4v) is 2.84. The van der Waals surface area contributed by atoms with E-state index in [9.17, 15) is 4.79 Å². The minimum Gasteiger partial charge on any atom is -0.469 e. The van der Waals surface area contributed by atoms with Gasteiger partial charge in [0.25, 0.3) is 0 Å². The van der Waals surface area contributed by atoms with Crippen LogP contribution in [-0.2, 0) is 28.9 Å². The summed E-state index contributed by atoms with van der Waals surface area (Å²) in [5, 5.41) is 0.586. The zero-order valence-electron chi connectivity index (χ0n) is 12.0. The van der Waals surface area contributed by atoms with Crippen LogP contribution in [0.2, 0.25) is 5.15 Å². The summed E-state index contributed by atoms with van der Waals surface area (Å²) in [7, 11) is 1.44. The molecule has 2 rings (SSSR count). The number of methoxy groups -OCH3 is 1. The smallest absolute Gasteiger partial charge is 0.310 e. The van der Waals surface area contributed by atoms with Gasteiger partial charge in [-0.1, -0.05) is 32.4 Å². The molecule has 1 aliphatic heterocycles. The lowest BCUT2D eigenvalue weighted by atomic mass is 9.91. The maximum Gasteiger partial charge on any atom is 0.310 e. The fraction of sp³-hybridized carbons (Fsp3) is 0.714. The van der Waals surface area contributed by atoms with Crippen molar-refractivity contribution in [1.29, 1.82) is 0 Å². The highest BCUT2D eigenvalue weighted by Crippen LogP contribution is 2.30. The van der Waals surface area contributed by atoms with Crippen LogP contribution in [0.3, 0.4) is 0 Å². The third-order valence-corrected chi connectivity index (χ3v) is 3.76. The highest BCUT2D eigenvalue weighted by Gasteiger charge is 2.30. The number of fused-ring (bicyclic) bond motifs is 1. The Morgan fingerprint density at radius 1 is 1.53 bits per heavy atom. The van der Waals surface area contributed by atoms with Crippen molar-refractivity contribution in [3.8, 4) is 0 Å². The summed E-state index contributed by atoms with van der Waals surface area (Å²) in [6.45, 7) is 7.14. The molecule has 0 fully saturated rings. The maximum absolute atomic E-state index is 11.7. The molecule has 2 heterocycles. The van der Waals surface area contributed by atoms with Crippen molar-refractivity contribution in [2.75, 3.05) is 7.11 Å². The predicted molar refractivity (Wildman–Crippen MR) is 74.2 cm³/mol. The number of carbonyl (C=O) groups is 1. The molecule has 0 aliphatic carbocycles. The number of imidazole rings is 1. The minimum absolute atomic E-state index is 0.0820. The number of hydrogen-bond donors (Lipinski definition) is 0. The number of halogens is 1. The summed E-state index contributed by atoms with van der Waals surface area (Å²) >= 11 is 6.20. The molecule has 1 atom stereocenters. The lowest BCUT2D eigenvalue weighted by Crippen LogP contribution is -2.29. The van der Waals surface area contributed by atoms with Gasteiger partial charge in [-0.2, -0.15) is 0 Å². The van der Waals surface area contributed by atoms with Crippen molar-refractivity contribution < 1.29 is 9.53 Å². The second-order valence-corrected chi connectivity index (χ2v) is 6.73. The molecule has 0 radical (unpaired) electrons. The summed E-state index contributed by atoms with van der Waals surface area (Å²) in [4.78, 5) is 16.2. The highest BCUT2D eigenvalue weighted by atomic mass is 35.5. The largest absolute Gasteiger partial charge is 0.469 e. The molecule has 1 unspecified atom stereocenters. The number of carbonyl (C=O) groups excluding carboxylic acids is 1. The van der Waals surface area contributed by atoms with E-state index in [2.05, 4.69) is 30.3 Å². The molecule has 0 aromatic carbocycles. The van der Waals surface area contributed by atoms with Gasteiger partial charge < -0.3 is 9.30 Å². The number of nitrogens with zero attached hydrogens (tertiary/aromatic N) is 2. The Hall–Kier alpha value is -1.03. The molecule has 0 spiro atoms. The molecule has 0 bridgehead atoms. The lowest BCUT2D eigenvalue weighted by Gasteiger charge is -2.25. The topological polar surface area (TPSA) is 44.1 Å². The zero-order chi connectivity index (χ0) is 14.2. The average Bonchev–Trinajstić information content (AvgIpc) is 2.62. The maximum atomic E-state index is 11.7. The van der Waals surface area contributed by atoms with Gasteiger partial charge in [-0.05, 0) is 18.3 Å². The van der Waals surface area contributed by atoms with E-state index in [0.717, 1.165) is 30.8 Å². The molecule has 106 valence electrons. The molecule has 0 saturated carbocycles. The molecule has 4 nitrogen and oxygen atoms in total. The first-order valence-corrected chi connectivity index (χ1v) is 7.01. The van der Waals surface area contributed by atoms with Crippen LogP contribution >= 0.6 is 11.6 Å². The van der Waals surface area contributed by atoms with E-state index >= 15 is 0 Å². The summed E-state index contributed by atoms with van der Waals surface area (Å²) in [6, 6.07) is 0. The van der Waals surface area contributed by atoms with Crippen LogP contribution in [0.25, 0.3) is 0 Å². The van der Waals surface area contributed by atoms with Crippen molar-refractivity contribution in [1.82, 2.24) is 9.55 Å². The molecule has 1 aliphatic rings. The molecule has 19 heavy (non-hydrogen) atoms. The summed E-state index contributed by atoms with van der Waals surface area (Å²) in [5.74, 6) is 0.750. The normalized spacial score (nSPS) is 19.1. The van der Waals surface area contributed by atoms with Crippen molar-refractivity contribution in [2.24, 2.45) is 11.3 Å². The number of aromatic nitrogens is 2. The Kier molecular flexibility index (Phi) is 3.90. The SMILES string of the molecule is COC(=O)C1CCc2c(Cl)nc(CC(C)(C)C)n2C1. The summed E-state index contributed by atoms with van der Waals surface area (Å²) in [6.07, 6.45) is 2.42. The van der Waals surface area contributed by atoms with Gasteiger partial charge in [-0.25, -0.2) is 4.98 Å². The molecule has 1 aromatic rings. The molecule has 5 heteroatoms. The van der Waals surface area contributed by atoms with Crippen LogP contribution in [0, 0.1) is 11.3 Å². The second kappa shape index (κ2) is 5.16. The fourth-order valence-electron chi connectivity index (χ4n) is 2.55. The van der Waals surface area contributed by atoms with E-state index in [-0.39, 0.29) is 17.3 Å². The van der Waals surface area contributed by atoms with Crippen LogP contribution in [0.4, 0.5) is 0 Å². The first kappa shape index (κ1) is 14.4. The van der Waals surface area contributed by atoms with E-state index < -0.39 is 0 Å². The van der Waals surface area contributed by atoms with E-state index in [4.69, 9.17) is 16.3 Å². The zero-order valence-corrected chi connectivity index (χ0v) is 12.8. The minimum atomic E-state index is -0.141. The average molecular weight is 285 g/mol. The third kappa shape index (κ3) is 3.11. The van der Waals surface area contributed by atoms with Gasteiger partial charge >= 0.3 is 5.97 Å². The van der Waals surface area contributed by atoms with Gasteiger partial charge in [0.05, 0.1) is 18.7 Å². The molecule has 0 N–H and O–H groups in total. The number of hydrogen-bond acceptors (Lipinski definition) is 3. The van der Waals surface area contributed by atoms with Crippen molar-refractivity contribution >= 4 is 17.6 Å². The molecule has 1 aromatic heterocycles. The molecule has 0 saturated heterocycles. The van der Waals surface area contributed by atoms with Crippen molar-refractivity contribution in [3.05, 3.63) is 16.7 Å². The van der Waals surface area contributed by atoms with Crippen LogP contribution in [0.1, 0.15) is 38.7 Å². The monoisotopic (exact) mass is 284 g/mol. The Morgan fingerprint density at radius 2 is 2.21 bits per heavy atom. The van der Waals surface area contributed by atoms with Gasteiger partial charge in [0.15, 0.2) is 5.15 Å².